The lowest BCUT2D eigenvalue weighted by Crippen LogP contribution is -1.83. The molecule has 0 aliphatic rings. The van der Waals surface area contributed by atoms with Gasteiger partial charge in [-0.15, -0.1) is 11.6 Å². The van der Waals surface area contributed by atoms with E-state index in [1.165, 1.54) is 0 Å². The van der Waals surface area contributed by atoms with Crippen molar-refractivity contribution in [3.05, 3.63) is 11.7 Å². The van der Waals surface area contributed by atoms with Gasteiger partial charge in [-0.2, -0.15) is 4.98 Å². The second kappa shape index (κ2) is 2.80. The third-order valence-electron chi connectivity index (χ3n) is 0.765. The van der Waals surface area contributed by atoms with Gasteiger partial charge in [0.15, 0.2) is 5.82 Å². The Balaban J connectivity index is 2.74. The van der Waals surface area contributed by atoms with Gasteiger partial charge in [-0.05, 0) is 0 Å². The van der Waals surface area contributed by atoms with Crippen molar-refractivity contribution in [2.45, 2.75) is 12.5 Å². The van der Waals surface area contributed by atoms with Crippen LogP contribution in [0.2, 0.25) is 0 Å². The molecule has 0 aliphatic heterocycles. The summed E-state index contributed by atoms with van der Waals surface area (Å²) in [7, 11) is 0. The summed E-state index contributed by atoms with van der Waals surface area (Å²) in [6, 6.07) is 0. The first kappa shape index (κ1) is 6.51. The molecule has 0 radical (unpaired) electrons. The van der Waals surface area contributed by atoms with Crippen LogP contribution in [0.5, 0.6) is 0 Å². The predicted octanol–water partition coefficient (Wildman–Crippen LogP) is 0.301. The van der Waals surface area contributed by atoms with Crippen LogP contribution in [0, 0.1) is 0 Å². The Morgan fingerprint density at radius 1 is 1.67 bits per heavy atom. The van der Waals surface area contributed by atoms with Crippen LogP contribution in [-0.4, -0.2) is 15.2 Å². The number of aromatic nitrogens is 2. The van der Waals surface area contributed by atoms with Crippen molar-refractivity contribution in [3.63, 3.8) is 0 Å². The molecule has 4 nitrogen and oxygen atoms in total. The van der Waals surface area contributed by atoms with Crippen molar-refractivity contribution < 1.29 is 9.63 Å². The summed E-state index contributed by atoms with van der Waals surface area (Å²) in [4.78, 5) is 3.69. The fraction of sp³-hybridized carbons (Fsp3) is 0.500. The molecule has 0 bridgehead atoms. The van der Waals surface area contributed by atoms with Crippen molar-refractivity contribution in [2.75, 3.05) is 0 Å². The molecule has 0 spiro atoms. The van der Waals surface area contributed by atoms with Crippen molar-refractivity contribution in [2.24, 2.45) is 0 Å². The van der Waals surface area contributed by atoms with E-state index in [1.807, 2.05) is 0 Å². The lowest BCUT2D eigenvalue weighted by atomic mass is 10.7. The van der Waals surface area contributed by atoms with Gasteiger partial charge in [0.1, 0.15) is 6.61 Å². The highest BCUT2D eigenvalue weighted by Gasteiger charge is 2.01. The number of hydrogen-bond acceptors (Lipinski definition) is 4. The first-order valence-corrected chi connectivity index (χ1v) is 2.88. The molecule has 0 amide bonds. The molecule has 1 heterocycles. The first-order chi connectivity index (χ1) is 4.36. The fourth-order valence-corrected chi connectivity index (χ4v) is 0.517. The third-order valence-corrected chi connectivity index (χ3v) is 1.00. The number of halogens is 1. The minimum Gasteiger partial charge on any atom is -0.387 e. The highest BCUT2D eigenvalue weighted by molar-refractivity contribution is 6.16. The maximum atomic E-state index is 8.41. The Hall–Kier alpha value is -0.610. The Kier molecular flexibility index (Phi) is 2.02. The molecule has 50 valence electrons. The summed E-state index contributed by atoms with van der Waals surface area (Å²) in [5.41, 5.74) is 0. The Morgan fingerprint density at radius 3 is 2.78 bits per heavy atom. The quantitative estimate of drug-likeness (QED) is 0.613. The summed E-state index contributed by atoms with van der Waals surface area (Å²) in [6.07, 6.45) is 0. The minimum atomic E-state index is -0.232. The Labute approximate surface area is 56.4 Å². The van der Waals surface area contributed by atoms with E-state index < -0.39 is 0 Å². The molecule has 1 rings (SSSR count). The standard InChI is InChI=1S/C4H5ClN2O2/c5-1-3-6-4(2-8)9-7-3/h8H,1-2H2. The zero-order valence-electron chi connectivity index (χ0n) is 4.54. The zero-order chi connectivity index (χ0) is 6.69. The maximum Gasteiger partial charge on any atom is 0.252 e. The average Bonchev–Trinajstić information content (AvgIpc) is 2.34. The van der Waals surface area contributed by atoms with E-state index in [0.717, 1.165) is 0 Å². The van der Waals surface area contributed by atoms with Crippen LogP contribution < -0.4 is 0 Å². The normalized spacial score (nSPS) is 10.0. The molecule has 5 heteroatoms. The summed E-state index contributed by atoms with van der Waals surface area (Å²) < 4.78 is 4.51. The number of aliphatic hydroxyl groups excluding tert-OH is 1. The summed E-state index contributed by atoms with van der Waals surface area (Å²) in [5, 5.41) is 11.8. The number of alkyl halides is 1. The van der Waals surface area contributed by atoms with Gasteiger partial charge < -0.3 is 9.63 Å². The van der Waals surface area contributed by atoms with E-state index in [9.17, 15) is 0 Å². The van der Waals surface area contributed by atoms with Gasteiger partial charge in [-0.1, -0.05) is 5.16 Å². The molecule has 0 aliphatic carbocycles. The lowest BCUT2D eigenvalue weighted by molar-refractivity contribution is 0.222. The van der Waals surface area contributed by atoms with Crippen LogP contribution in [0.25, 0.3) is 0 Å². The molecule has 0 saturated heterocycles. The van der Waals surface area contributed by atoms with E-state index in [1.54, 1.807) is 0 Å². The van der Waals surface area contributed by atoms with Crippen LogP contribution in [0.4, 0.5) is 0 Å². The van der Waals surface area contributed by atoms with E-state index in [2.05, 4.69) is 14.7 Å². The number of rotatable bonds is 2. The van der Waals surface area contributed by atoms with E-state index in [-0.39, 0.29) is 18.4 Å². The van der Waals surface area contributed by atoms with Gasteiger partial charge in [-0.25, -0.2) is 0 Å². The van der Waals surface area contributed by atoms with E-state index in [4.69, 9.17) is 16.7 Å². The zero-order valence-corrected chi connectivity index (χ0v) is 5.30. The highest BCUT2D eigenvalue weighted by Crippen LogP contribution is 1.98. The van der Waals surface area contributed by atoms with Gasteiger partial charge >= 0.3 is 0 Å². The molecule has 0 atom stereocenters. The Morgan fingerprint density at radius 2 is 2.44 bits per heavy atom. The Bertz CT molecular complexity index is 170. The largest absolute Gasteiger partial charge is 0.387 e. The summed E-state index contributed by atoms with van der Waals surface area (Å²) in [6.45, 7) is -0.232. The summed E-state index contributed by atoms with van der Waals surface area (Å²) in [5.74, 6) is 0.815. The SMILES string of the molecule is OCc1nc(CCl)no1. The minimum absolute atomic E-state index is 0.200. The van der Waals surface area contributed by atoms with Gasteiger partial charge in [0.05, 0.1) is 5.88 Å². The number of hydrogen-bond donors (Lipinski definition) is 1. The molecular formula is C4H5ClN2O2. The van der Waals surface area contributed by atoms with Crippen LogP contribution in [-0.2, 0) is 12.5 Å². The van der Waals surface area contributed by atoms with Crippen molar-refractivity contribution in [1.82, 2.24) is 10.1 Å². The molecule has 0 aromatic carbocycles. The molecule has 0 fully saturated rings. The average molecular weight is 149 g/mol. The van der Waals surface area contributed by atoms with Crippen LogP contribution >= 0.6 is 11.6 Å². The second-order valence-corrected chi connectivity index (χ2v) is 1.66. The molecule has 9 heavy (non-hydrogen) atoms. The number of nitrogens with zero attached hydrogens (tertiary/aromatic N) is 2. The number of aliphatic hydroxyl groups is 1. The van der Waals surface area contributed by atoms with E-state index in [0.29, 0.717) is 5.82 Å². The van der Waals surface area contributed by atoms with Crippen molar-refractivity contribution in [3.8, 4) is 0 Å². The predicted molar refractivity (Wildman–Crippen MR) is 29.8 cm³/mol. The molecule has 1 N–H and O–H groups in total. The first-order valence-electron chi connectivity index (χ1n) is 2.35. The van der Waals surface area contributed by atoms with E-state index >= 15 is 0 Å². The highest BCUT2D eigenvalue weighted by atomic mass is 35.5. The van der Waals surface area contributed by atoms with Crippen LogP contribution in [0.3, 0.4) is 0 Å². The topological polar surface area (TPSA) is 59.2 Å². The third kappa shape index (κ3) is 1.40. The lowest BCUT2D eigenvalue weighted by Gasteiger charge is -1.76. The summed E-state index contributed by atoms with van der Waals surface area (Å²) >= 11 is 5.33. The second-order valence-electron chi connectivity index (χ2n) is 1.40. The fourth-order valence-electron chi connectivity index (χ4n) is 0.409. The molecular weight excluding hydrogens is 144 g/mol. The van der Waals surface area contributed by atoms with Crippen LogP contribution in [0.1, 0.15) is 11.7 Å². The van der Waals surface area contributed by atoms with Crippen molar-refractivity contribution >= 4 is 11.6 Å². The molecule has 0 saturated carbocycles. The van der Waals surface area contributed by atoms with Crippen LogP contribution in [0.15, 0.2) is 4.52 Å². The molecule has 1 aromatic rings. The molecule has 0 unspecified atom stereocenters. The van der Waals surface area contributed by atoms with Crippen molar-refractivity contribution in [1.29, 1.82) is 0 Å². The monoisotopic (exact) mass is 148 g/mol. The smallest absolute Gasteiger partial charge is 0.252 e. The maximum absolute atomic E-state index is 8.41. The van der Waals surface area contributed by atoms with Gasteiger partial charge in [0.2, 0.25) is 0 Å². The van der Waals surface area contributed by atoms with Gasteiger partial charge in [0, 0.05) is 0 Å². The van der Waals surface area contributed by atoms with Gasteiger partial charge in [0.25, 0.3) is 5.89 Å². The molecule has 1 aromatic heterocycles. The van der Waals surface area contributed by atoms with Gasteiger partial charge in [-0.3, -0.25) is 0 Å².